The van der Waals surface area contributed by atoms with Crippen molar-refractivity contribution in [3.05, 3.63) is 36.0 Å². The summed E-state index contributed by atoms with van der Waals surface area (Å²) < 4.78 is 24.5. The summed E-state index contributed by atoms with van der Waals surface area (Å²) in [5.74, 6) is -0.276. The molecule has 1 aromatic carbocycles. The van der Waals surface area contributed by atoms with E-state index in [-0.39, 0.29) is 23.3 Å². The minimum Gasteiger partial charge on any atom is -0.480 e. The maximum atomic E-state index is 13.9. The van der Waals surface area contributed by atoms with Crippen molar-refractivity contribution in [2.75, 3.05) is 18.5 Å². The summed E-state index contributed by atoms with van der Waals surface area (Å²) in [6.07, 6.45) is 1.19. The second-order valence-electron chi connectivity index (χ2n) is 4.44. The number of tetrazole rings is 1. The zero-order chi connectivity index (χ0) is 15.4. The van der Waals surface area contributed by atoms with Gasteiger partial charge in [0, 0.05) is 6.20 Å². The van der Waals surface area contributed by atoms with Gasteiger partial charge in [0.05, 0.1) is 18.9 Å². The summed E-state index contributed by atoms with van der Waals surface area (Å²) in [6, 6.07) is 6.41. The SMILES string of the molecule is N#CC(=CNc1cccc(F)c1OC1COC1)c1nn[nH]n1. The zero-order valence-corrected chi connectivity index (χ0v) is 11.3. The number of para-hydroxylation sites is 1. The Bertz CT molecular complexity index is 721. The first-order valence-electron chi connectivity index (χ1n) is 6.41. The molecular formula is C13H11FN6O2. The quantitative estimate of drug-likeness (QED) is 0.796. The molecule has 9 heteroatoms. The number of hydrogen-bond acceptors (Lipinski definition) is 7. The molecule has 112 valence electrons. The fourth-order valence-corrected chi connectivity index (χ4v) is 1.76. The van der Waals surface area contributed by atoms with Gasteiger partial charge in [-0.1, -0.05) is 6.07 Å². The van der Waals surface area contributed by atoms with Crippen LogP contribution in [0.2, 0.25) is 0 Å². The topological polar surface area (TPSA) is 109 Å². The van der Waals surface area contributed by atoms with Crippen LogP contribution < -0.4 is 10.1 Å². The highest BCUT2D eigenvalue weighted by molar-refractivity contribution is 5.74. The van der Waals surface area contributed by atoms with Crippen molar-refractivity contribution < 1.29 is 13.9 Å². The molecule has 0 atom stereocenters. The lowest BCUT2D eigenvalue weighted by molar-refractivity contribution is -0.0805. The summed E-state index contributed by atoms with van der Waals surface area (Å²) in [6.45, 7) is 0.853. The Morgan fingerprint density at radius 1 is 1.55 bits per heavy atom. The molecule has 1 fully saturated rings. The minimum atomic E-state index is -0.497. The molecular weight excluding hydrogens is 291 g/mol. The summed E-state index contributed by atoms with van der Waals surface area (Å²) >= 11 is 0. The number of rotatable bonds is 5. The molecule has 1 aromatic heterocycles. The average molecular weight is 302 g/mol. The van der Waals surface area contributed by atoms with Crippen molar-refractivity contribution in [3.63, 3.8) is 0 Å². The van der Waals surface area contributed by atoms with E-state index in [1.54, 1.807) is 6.07 Å². The second-order valence-corrected chi connectivity index (χ2v) is 4.44. The van der Waals surface area contributed by atoms with Crippen LogP contribution in [0.15, 0.2) is 24.4 Å². The number of ether oxygens (including phenoxy) is 2. The first-order valence-corrected chi connectivity index (χ1v) is 6.41. The summed E-state index contributed by atoms with van der Waals surface area (Å²) in [7, 11) is 0. The first kappa shape index (κ1) is 14.0. The summed E-state index contributed by atoms with van der Waals surface area (Å²) in [4.78, 5) is 0. The van der Waals surface area contributed by atoms with Gasteiger partial charge in [-0.25, -0.2) is 4.39 Å². The molecule has 0 aliphatic carbocycles. The number of nitrogens with one attached hydrogen (secondary N) is 2. The highest BCUT2D eigenvalue weighted by Crippen LogP contribution is 2.30. The number of aromatic amines is 1. The van der Waals surface area contributed by atoms with Crippen LogP contribution in [0.5, 0.6) is 5.75 Å². The van der Waals surface area contributed by atoms with Crippen LogP contribution in [0.1, 0.15) is 5.82 Å². The highest BCUT2D eigenvalue weighted by Gasteiger charge is 2.23. The van der Waals surface area contributed by atoms with E-state index in [1.165, 1.54) is 18.3 Å². The van der Waals surface area contributed by atoms with Gasteiger partial charge in [-0.3, -0.25) is 0 Å². The molecule has 2 heterocycles. The van der Waals surface area contributed by atoms with Crippen LogP contribution in [0.4, 0.5) is 10.1 Å². The molecule has 1 saturated heterocycles. The van der Waals surface area contributed by atoms with E-state index >= 15 is 0 Å². The predicted octanol–water partition coefficient (Wildman–Crippen LogP) is 1.09. The number of hydrogen-bond donors (Lipinski definition) is 2. The number of H-pyrrole nitrogens is 1. The van der Waals surface area contributed by atoms with Crippen LogP contribution in [0, 0.1) is 17.1 Å². The van der Waals surface area contributed by atoms with Crippen LogP contribution in [-0.2, 0) is 4.74 Å². The van der Waals surface area contributed by atoms with Gasteiger partial charge in [-0.2, -0.15) is 10.5 Å². The van der Waals surface area contributed by atoms with Gasteiger partial charge in [0.2, 0.25) is 5.82 Å². The third-order valence-electron chi connectivity index (χ3n) is 2.94. The molecule has 0 spiro atoms. The van der Waals surface area contributed by atoms with Gasteiger partial charge in [0.15, 0.2) is 11.6 Å². The van der Waals surface area contributed by atoms with Gasteiger partial charge in [0.25, 0.3) is 0 Å². The Balaban J connectivity index is 1.82. The monoisotopic (exact) mass is 302 g/mol. The number of anilines is 1. The molecule has 2 aromatic rings. The minimum absolute atomic E-state index is 0.0810. The van der Waals surface area contributed by atoms with E-state index < -0.39 is 5.82 Å². The Morgan fingerprint density at radius 3 is 3.05 bits per heavy atom. The molecule has 22 heavy (non-hydrogen) atoms. The molecule has 0 saturated carbocycles. The zero-order valence-electron chi connectivity index (χ0n) is 11.3. The molecule has 3 rings (SSSR count). The van der Waals surface area contributed by atoms with Crippen molar-refractivity contribution in [3.8, 4) is 11.8 Å². The molecule has 0 amide bonds. The third-order valence-corrected chi connectivity index (χ3v) is 2.94. The average Bonchev–Trinajstić information content (AvgIpc) is 2.99. The van der Waals surface area contributed by atoms with E-state index in [1.807, 2.05) is 6.07 Å². The van der Waals surface area contributed by atoms with E-state index in [2.05, 4.69) is 25.9 Å². The van der Waals surface area contributed by atoms with Gasteiger partial charge in [0.1, 0.15) is 17.7 Å². The number of aromatic nitrogens is 4. The third kappa shape index (κ3) is 2.87. The van der Waals surface area contributed by atoms with Gasteiger partial charge in [-0.15, -0.1) is 10.2 Å². The van der Waals surface area contributed by atoms with Gasteiger partial charge >= 0.3 is 0 Å². The van der Waals surface area contributed by atoms with E-state index in [9.17, 15) is 4.39 Å². The van der Waals surface area contributed by atoms with Crippen molar-refractivity contribution in [1.82, 2.24) is 20.6 Å². The van der Waals surface area contributed by atoms with E-state index in [4.69, 9.17) is 14.7 Å². The number of nitrogens with zero attached hydrogens (tertiary/aromatic N) is 4. The van der Waals surface area contributed by atoms with E-state index in [0.717, 1.165) is 0 Å². The molecule has 1 aliphatic rings. The maximum absolute atomic E-state index is 13.9. The predicted molar refractivity (Wildman–Crippen MR) is 73.0 cm³/mol. The Hall–Kier alpha value is -2.99. The van der Waals surface area contributed by atoms with Crippen LogP contribution >= 0.6 is 0 Å². The molecule has 2 N–H and O–H groups in total. The van der Waals surface area contributed by atoms with Gasteiger partial charge < -0.3 is 14.8 Å². The number of benzene rings is 1. The number of halogens is 1. The largest absolute Gasteiger partial charge is 0.480 e. The first-order chi connectivity index (χ1) is 10.8. The standard InChI is InChI=1S/C13H11FN6O2/c14-10-2-1-3-11(12(10)22-9-6-21-7-9)16-5-8(4-15)13-17-19-20-18-13/h1-3,5,9,16H,6-7H2,(H,17,18,19,20). The molecule has 8 nitrogen and oxygen atoms in total. The lowest BCUT2D eigenvalue weighted by Gasteiger charge is -2.27. The molecule has 0 unspecified atom stereocenters. The second kappa shape index (κ2) is 6.19. The fourth-order valence-electron chi connectivity index (χ4n) is 1.76. The molecule has 1 aliphatic heterocycles. The normalized spacial score (nSPS) is 15.0. The summed E-state index contributed by atoms with van der Waals surface area (Å²) in [5.41, 5.74) is 0.541. The maximum Gasteiger partial charge on any atom is 0.216 e. The Labute approximate surface area is 124 Å². The van der Waals surface area contributed by atoms with Crippen LogP contribution in [-0.4, -0.2) is 39.9 Å². The van der Waals surface area contributed by atoms with Crippen molar-refractivity contribution in [2.45, 2.75) is 6.10 Å². The number of nitriles is 1. The van der Waals surface area contributed by atoms with Crippen molar-refractivity contribution in [2.24, 2.45) is 0 Å². The van der Waals surface area contributed by atoms with Crippen molar-refractivity contribution >= 4 is 11.3 Å². The summed E-state index contributed by atoms with van der Waals surface area (Å²) in [5, 5.41) is 25.0. The van der Waals surface area contributed by atoms with E-state index in [0.29, 0.717) is 18.9 Å². The number of allylic oxidation sites excluding steroid dienone is 1. The lowest BCUT2D eigenvalue weighted by atomic mass is 10.2. The molecule has 0 bridgehead atoms. The fraction of sp³-hybridized carbons (Fsp3) is 0.231. The lowest BCUT2D eigenvalue weighted by Crippen LogP contribution is -2.38. The molecule has 0 radical (unpaired) electrons. The Kier molecular flexibility index (Phi) is 3.93. The van der Waals surface area contributed by atoms with Crippen LogP contribution in [0.3, 0.4) is 0 Å². The van der Waals surface area contributed by atoms with Crippen molar-refractivity contribution in [1.29, 1.82) is 5.26 Å². The van der Waals surface area contributed by atoms with Crippen LogP contribution in [0.25, 0.3) is 5.57 Å². The Morgan fingerprint density at radius 2 is 2.41 bits per heavy atom. The smallest absolute Gasteiger partial charge is 0.216 e. The van der Waals surface area contributed by atoms with Gasteiger partial charge in [-0.05, 0) is 17.3 Å². The highest BCUT2D eigenvalue weighted by atomic mass is 19.1.